The molecule has 0 saturated carbocycles. The van der Waals surface area contributed by atoms with Gasteiger partial charge in [0.25, 0.3) is 0 Å². The summed E-state index contributed by atoms with van der Waals surface area (Å²) >= 11 is 9.46. The minimum Gasteiger partial charge on any atom is -0.361 e. The second kappa shape index (κ2) is 7.81. The molecule has 2 aromatic rings. The van der Waals surface area contributed by atoms with Crippen LogP contribution < -0.4 is 0 Å². The monoisotopic (exact) mass is 454 g/mol. The predicted molar refractivity (Wildman–Crippen MR) is 99.5 cm³/mol. The Morgan fingerprint density at radius 3 is 2.52 bits per heavy atom. The first-order valence-electron chi connectivity index (χ1n) is 7.65. The van der Waals surface area contributed by atoms with Gasteiger partial charge in [0.15, 0.2) is 5.69 Å². The highest BCUT2D eigenvalue weighted by atomic mass is 79.9. The van der Waals surface area contributed by atoms with E-state index < -0.39 is 19.9 Å². The SMILES string of the molecule is C[Si](C)(C)CCOCn1cc(C(F)(F)F)nc1-c1ccc(Br)cc1Cl. The van der Waals surface area contributed by atoms with E-state index in [1.54, 1.807) is 18.2 Å². The van der Waals surface area contributed by atoms with Gasteiger partial charge in [-0.15, -0.1) is 0 Å². The van der Waals surface area contributed by atoms with Gasteiger partial charge in [-0.25, -0.2) is 4.98 Å². The zero-order valence-corrected chi connectivity index (χ0v) is 17.5. The number of hydrogen-bond donors (Lipinski definition) is 0. The third-order valence-electron chi connectivity index (χ3n) is 3.47. The van der Waals surface area contributed by atoms with E-state index in [9.17, 15) is 13.2 Å². The van der Waals surface area contributed by atoms with Crippen LogP contribution in [-0.4, -0.2) is 24.2 Å². The topological polar surface area (TPSA) is 27.1 Å². The molecule has 3 nitrogen and oxygen atoms in total. The molecule has 1 heterocycles. The van der Waals surface area contributed by atoms with Crippen molar-refractivity contribution >= 4 is 35.6 Å². The van der Waals surface area contributed by atoms with E-state index in [1.807, 2.05) is 0 Å². The molecule has 0 fully saturated rings. The van der Waals surface area contributed by atoms with Crippen molar-refractivity contribution in [1.29, 1.82) is 0 Å². The highest BCUT2D eigenvalue weighted by molar-refractivity contribution is 9.10. The van der Waals surface area contributed by atoms with E-state index in [4.69, 9.17) is 16.3 Å². The van der Waals surface area contributed by atoms with Crippen molar-refractivity contribution in [2.24, 2.45) is 0 Å². The van der Waals surface area contributed by atoms with Crippen molar-refractivity contribution in [3.8, 4) is 11.4 Å². The van der Waals surface area contributed by atoms with Crippen molar-refractivity contribution in [3.63, 3.8) is 0 Å². The molecule has 2 rings (SSSR count). The maximum Gasteiger partial charge on any atom is 0.434 e. The van der Waals surface area contributed by atoms with Crippen molar-refractivity contribution in [3.05, 3.63) is 39.6 Å². The molecular weight excluding hydrogens is 437 g/mol. The van der Waals surface area contributed by atoms with Gasteiger partial charge in [0.1, 0.15) is 12.6 Å². The number of benzene rings is 1. The Morgan fingerprint density at radius 2 is 1.96 bits per heavy atom. The van der Waals surface area contributed by atoms with Crippen molar-refractivity contribution in [2.45, 2.75) is 38.6 Å². The normalized spacial score (nSPS) is 12.6. The first-order valence-corrected chi connectivity index (χ1v) is 12.5. The molecule has 1 aromatic carbocycles. The Labute approximate surface area is 159 Å². The maximum atomic E-state index is 13.1. The van der Waals surface area contributed by atoms with Gasteiger partial charge in [-0.2, -0.15) is 13.2 Å². The Morgan fingerprint density at radius 1 is 1.28 bits per heavy atom. The van der Waals surface area contributed by atoms with Gasteiger partial charge in [-0.05, 0) is 24.2 Å². The summed E-state index contributed by atoms with van der Waals surface area (Å²) in [5.74, 6) is 0.137. The van der Waals surface area contributed by atoms with E-state index >= 15 is 0 Å². The maximum absolute atomic E-state index is 13.1. The third-order valence-corrected chi connectivity index (χ3v) is 5.98. The number of alkyl halides is 3. The van der Waals surface area contributed by atoms with E-state index in [0.717, 1.165) is 16.7 Å². The van der Waals surface area contributed by atoms with Crippen LogP contribution in [0.1, 0.15) is 5.69 Å². The minimum absolute atomic E-state index is 0.00468. The summed E-state index contributed by atoms with van der Waals surface area (Å²) in [6.45, 7) is 7.13. The molecule has 0 aliphatic rings. The average molecular weight is 456 g/mol. The molecule has 9 heteroatoms. The third kappa shape index (κ3) is 5.84. The van der Waals surface area contributed by atoms with Gasteiger partial charge in [0, 0.05) is 30.9 Å². The highest BCUT2D eigenvalue weighted by Crippen LogP contribution is 2.34. The molecule has 138 valence electrons. The summed E-state index contributed by atoms with van der Waals surface area (Å²) in [6, 6.07) is 5.89. The van der Waals surface area contributed by atoms with Gasteiger partial charge in [0.05, 0.1) is 5.02 Å². The van der Waals surface area contributed by atoms with Crippen LogP contribution in [0.4, 0.5) is 13.2 Å². The summed E-state index contributed by atoms with van der Waals surface area (Å²) in [4.78, 5) is 3.74. The lowest BCUT2D eigenvalue weighted by Crippen LogP contribution is -2.22. The Balaban J connectivity index is 2.29. The van der Waals surface area contributed by atoms with Crippen LogP contribution >= 0.6 is 27.5 Å². The summed E-state index contributed by atoms with van der Waals surface area (Å²) < 4.78 is 46.8. The molecule has 0 spiro atoms. The molecule has 0 N–H and O–H groups in total. The molecule has 25 heavy (non-hydrogen) atoms. The molecule has 1 aromatic heterocycles. The van der Waals surface area contributed by atoms with Crippen molar-refractivity contribution < 1.29 is 17.9 Å². The van der Waals surface area contributed by atoms with E-state index in [1.165, 1.54) is 4.57 Å². The largest absolute Gasteiger partial charge is 0.434 e. The Hall–Kier alpha value is -0.833. The van der Waals surface area contributed by atoms with E-state index in [0.29, 0.717) is 17.2 Å². The number of rotatable bonds is 6. The zero-order valence-electron chi connectivity index (χ0n) is 14.1. The van der Waals surface area contributed by atoms with Crippen LogP contribution in [0.25, 0.3) is 11.4 Å². The fourth-order valence-electron chi connectivity index (χ4n) is 2.08. The van der Waals surface area contributed by atoms with Gasteiger partial charge in [-0.3, -0.25) is 0 Å². The summed E-state index contributed by atoms with van der Waals surface area (Å²) in [5.41, 5.74) is -0.538. The van der Waals surface area contributed by atoms with E-state index in [2.05, 4.69) is 40.6 Å². The van der Waals surface area contributed by atoms with Crippen molar-refractivity contribution in [1.82, 2.24) is 9.55 Å². The highest BCUT2D eigenvalue weighted by Gasteiger charge is 2.35. The Kier molecular flexibility index (Phi) is 6.40. The predicted octanol–water partition coefficient (Wildman–Crippen LogP) is 6.30. The smallest absolute Gasteiger partial charge is 0.361 e. The van der Waals surface area contributed by atoms with Crippen LogP contribution in [0.2, 0.25) is 30.7 Å². The standard InChI is InChI=1S/C16H19BrClF3N2OSi/c1-25(2,3)7-6-24-10-23-9-14(16(19,20)21)22-15(23)12-5-4-11(17)8-13(12)18/h4-5,8-9H,6-7,10H2,1-3H3. The lowest BCUT2D eigenvalue weighted by molar-refractivity contribution is -0.141. The average Bonchev–Trinajstić information content (AvgIpc) is 2.86. The van der Waals surface area contributed by atoms with Crippen LogP contribution in [0.15, 0.2) is 28.9 Å². The van der Waals surface area contributed by atoms with Crippen LogP contribution in [0.3, 0.4) is 0 Å². The van der Waals surface area contributed by atoms with Gasteiger partial charge < -0.3 is 9.30 Å². The zero-order chi connectivity index (χ0) is 18.8. The van der Waals surface area contributed by atoms with Gasteiger partial charge >= 0.3 is 6.18 Å². The van der Waals surface area contributed by atoms with Gasteiger partial charge in [0.2, 0.25) is 0 Å². The van der Waals surface area contributed by atoms with Crippen LogP contribution in [0, 0.1) is 0 Å². The Bertz CT molecular complexity index is 744. The number of halogens is 5. The quantitative estimate of drug-likeness (QED) is 0.378. The molecule has 0 radical (unpaired) electrons. The first-order chi connectivity index (χ1) is 11.5. The molecule has 0 amide bonds. The molecule has 0 aliphatic carbocycles. The molecular formula is C16H19BrClF3N2OSi. The second-order valence-electron chi connectivity index (χ2n) is 6.89. The van der Waals surface area contributed by atoms with Crippen molar-refractivity contribution in [2.75, 3.05) is 6.61 Å². The number of nitrogens with zero attached hydrogens (tertiary/aromatic N) is 2. The number of hydrogen-bond acceptors (Lipinski definition) is 2. The molecule has 0 aliphatic heterocycles. The van der Waals surface area contributed by atoms with Crippen LogP contribution in [-0.2, 0) is 17.6 Å². The van der Waals surface area contributed by atoms with E-state index in [-0.39, 0.29) is 12.6 Å². The minimum atomic E-state index is -4.53. The summed E-state index contributed by atoms with van der Waals surface area (Å²) in [6.07, 6.45) is -3.57. The van der Waals surface area contributed by atoms with Crippen LogP contribution in [0.5, 0.6) is 0 Å². The molecule has 0 unspecified atom stereocenters. The number of imidazole rings is 1. The molecule has 0 saturated heterocycles. The number of ether oxygens (including phenoxy) is 1. The molecule has 0 bridgehead atoms. The first kappa shape index (κ1) is 20.5. The fourth-order valence-corrected chi connectivity index (χ4v) is 3.59. The molecule has 0 atom stereocenters. The van der Waals surface area contributed by atoms with Gasteiger partial charge in [-0.1, -0.05) is 47.2 Å². The fraction of sp³-hybridized carbons (Fsp3) is 0.438. The summed E-state index contributed by atoms with van der Waals surface area (Å²) in [7, 11) is -1.27. The lowest BCUT2D eigenvalue weighted by atomic mass is 10.2. The second-order valence-corrected chi connectivity index (χ2v) is 13.8. The number of aromatic nitrogens is 2. The summed E-state index contributed by atoms with van der Waals surface area (Å²) in [5, 5.41) is 0.317. The lowest BCUT2D eigenvalue weighted by Gasteiger charge is -2.16.